The summed E-state index contributed by atoms with van der Waals surface area (Å²) < 4.78 is 44.0. The molecule has 0 spiro atoms. The minimum atomic E-state index is -3.68. The van der Waals surface area contributed by atoms with E-state index in [4.69, 9.17) is 14.2 Å². The van der Waals surface area contributed by atoms with Gasteiger partial charge in [0.25, 0.3) is 5.91 Å². The van der Waals surface area contributed by atoms with Crippen LogP contribution in [0, 0.1) is 0 Å². The Labute approximate surface area is 163 Å². The molecule has 28 heavy (non-hydrogen) atoms. The summed E-state index contributed by atoms with van der Waals surface area (Å²) >= 11 is 0. The summed E-state index contributed by atoms with van der Waals surface area (Å²) in [6.07, 6.45) is 1.44. The number of amides is 1. The monoisotopic (exact) mass is 409 g/mol. The molecule has 2 aromatic rings. The van der Waals surface area contributed by atoms with E-state index in [0.717, 1.165) is 0 Å². The Kier molecular flexibility index (Phi) is 5.92. The maximum atomic E-state index is 12.8. The lowest BCUT2D eigenvalue weighted by Crippen LogP contribution is -2.40. The minimum absolute atomic E-state index is 0.0743. The molecule has 1 aliphatic rings. The maximum absolute atomic E-state index is 12.8. The van der Waals surface area contributed by atoms with E-state index in [-0.39, 0.29) is 10.6 Å². The van der Waals surface area contributed by atoms with Crippen molar-refractivity contribution in [3.8, 4) is 11.5 Å². The highest BCUT2D eigenvalue weighted by molar-refractivity contribution is 7.89. The number of anilines is 1. The van der Waals surface area contributed by atoms with Crippen molar-refractivity contribution in [2.45, 2.75) is 4.90 Å². The molecule has 1 fully saturated rings. The summed E-state index contributed by atoms with van der Waals surface area (Å²) in [5.74, 6) is 0.607. The van der Waals surface area contributed by atoms with E-state index < -0.39 is 15.9 Å². The van der Waals surface area contributed by atoms with Gasteiger partial charge in [0.05, 0.1) is 27.4 Å². The molecule has 2 heterocycles. The van der Waals surface area contributed by atoms with E-state index in [1.165, 1.54) is 35.4 Å². The maximum Gasteiger partial charge on any atom is 0.272 e. The Morgan fingerprint density at radius 1 is 1.07 bits per heavy atom. The number of methoxy groups -OCH3 is 2. The van der Waals surface area contributed by atoms with Crippen LogP contribution in [-0.2, 0) is 21.8 Å². The molecule has 1 aliphatic heterocycles. The van der Waals surface area contributed by atoms with Crippen molar-refractivity contribution < 1.29 is 27.4 Å². The lowest BCUT2D eigenvalue weighted by Gasteiger charge is -2.25. The second-order valence-corrected chi connectivity index (χ2v) is 8.18. The van der Waals surface area contributed by atoms with Gasteiger partial charge >= 0.3 is 0 Å². The van der Waals surface area contributed by atoms with Crippen LogP contribution in [0.1, 0.15) is 10.5 Å². The Morgan fingerprint density at radius 2 is 1.68 bits per heavy atom. The van der Waals surface area contributed by atoms with Gasteiger partial charge in [-0.25, -0.2) is 8.42 Å². The first kappa shape index (κ1) is 20.2. The molecule has 10 heteroatoms. The number of aryl methyl sites for hydroxylation is 1. The number of sulfonamides is 1. The second kappa shape index (κ2) is 8.21. The van der Waals surface area contributed by atoms with Gasteiger partial charge in [0, 0.05) is 50.2 Å². The number of aromatic nitrogens is 1. The summed E-state index contributed by atoms with van der Waals surface area (Å²) in [7, 11) is 0.974. The molecule has 1 N–H and O–H groups in total. The number of ether oxygens (including phenoxy) is 3. The molecule has 1 aromatic heterocycles. The second-order valence-electron chi connectivity index (χ2n) is 6.24. The Hall–Kier alpha value is -2.56. The first-order chi connectivity index (χ1) is 13.3. The molecule has 0 bridgehead atoms. The van der Waals surface area contributed by atoms with E-state index >= 15 is 0 Å². The third-order valence-corrected chi connectivity index (χ3v) is 6.29. The molecule has 0 unspecified atom stereocenters. The fourth-order valence-corrected chi connectivity index (χ4v) is 4.39. The summed E-state index contributed by atoms with van der Waals surface area (Å²) in [4.78, 5) is 12.8. The van der Waals surface area contributed by atoms with E-state index in [0.29, 0.717) is 43.5 Å². The molecule has 0 radical (unpaired) electrons. The lowest BCUT2D eigenvalue weighted by atomic mass is 10.2. The first-order valence-electron chi connectivity index (χ1n) is 8.64. The van der Waals surface area contributed by atoms with Crippen molar-refractivity contribution in [1.82, 2.24) is 8.87 Å². The van der Waals surface area contributed by atoms with Gasteiger partial charge in [-0.2, -0.15) is 4.31 Å². The van der Waals surface area contributed by atoms with E-state index in [9.17, 15) is 13.2 Å². The van der Waals surface area contributed by atoms with Gasteiger partial charge in [-0.3, -0.25) is 4.79 Å². The van der Waals surface area contributed by atoms with Crippen LogP contribution in [0.25, 0.3) is 0 Å². The highest BCUT2D eigenvalue weighted by Gasteiger charge is 2.28. The van der Waals surface area contributed by atoms with Gasteiger partial charge in [-0.05, 0) is 6.07 Å². The van der Waals surface area contributed by atoms with Crippen LogP contribution in [0.3, 0.4) is 0 Å². The fourth-order valence-electron chi connectivity index (χ4n) is 2.91. The normalized spacial score (nSPS) is 15.2. The van der Waals surface area contributed by atoms with Crippen molar-refractivity contribution in [3.63, 3.8) is 0 Å². The summed E-state index contributed by atoms with van der Waals surface area (Å²) in [5.41, 5.74) is 0.689. The van der Waals surface area contributed by atoms with Gasteiger partial charge in [-0.15, -0.1) is 0 Å². The molecule has 1 saturated heterocycles. The zero-order valence-electron chi connectivity index (χ0n) is 16.0. The average Bonchev–Trinajstić information content (AvgIpc) is 3.11. The van der Waals surface area contributed by atoms with Crippen LogP contribution >= 0.6 is 0 Å². The number of hydrogen-bond acceptors (Lipinski definition) is 6. The van der Waals surface area contributed by atoms with Crippen molar-refractivity contribution in [2.24, 2.45) is 7.05 Å². The molecule has 0 saturated carbocycles. The zero-order chi connectivity index (χ0) is 20.3. The summed E-state index contributed by atoms with van der Waals surface area (Å²) in [6.45, 7) is 1.30. The molecule has 3 rings (SSSR count). The molecular formula is C18H23N3O6S. The van der Waals surface area contributed by atoms with E-state index in [1.807, 2.05) is 0 Å². The third-order valence-electron chi connectivity index (χ3n) is 4.43. The topological polar surface area (TPSA) is 99.1 Å². The number of carbonyl (C=O) groups is 1. The van der Waals surface area contributed by atoms with E-state index in [1.54, 1.807) is 25.2 Å². The fraction of sp³-hybridized carbons (Fsp3) is 0.389. The van der Waals surface area contributed by atoms with Crippen LogP contribution in [0.15, 0.2) is 35.4 Å². The molecular weight excluding hydrogens is 386 g/mol. The third kappa shape index (κ3) is 4.13. The zero-order valence-corrected chi connectivity index (χ0v) is 16.8. The van der Waals surface area contributed by atoms with Crippen LogP contribution in [0.5, 0.6) is 11.5 Å². The van der Waals surface area contributed by atoms with Gasteiger partial charge < -0.3 is 24.1 Å². The highest BCUT2D eigenvalue weighted by atomic mass is 32.2. The number of benzene rings is 1. The van der Waals surface area contributed by atoms with Crippen LogP contribution < -0.4 is 14.8 Å². The number of carbonyl (C=O) groups excluding carboxylic acids is 1. The molecule has 0 aliphatic carbocycles. The highest BCUT2D eigenvalue weighted by Crippen LogP contribution is 2.26. The summed E-state index contributed by atoms with van der Waals surface area (Å²) in [5, 5.41) is 2.74. The molecule has 1 amide bonds. The smallest absolute Gasteiger partial charge is 0.272 e. The minimum Gasteiger partial charge on any atom is -0.497 e. The first-order valence-corrected chi connectivity index (χ1v) is 10.1. The number of morpholine rings is 1. The van der Waals surface area contributed by atoms with Crippen molar-refractivity contribution in [3.05, 3.63) is 36.2 Å². The van der Waals surface area contributed by atoms with Crippen LogP contribution in [0.4, 0.5) is 5.69 Å². The van der Waals surface area contributed by atoms with Crippen molar-refractivity contribution in [2.75, 3.05) is 45.8 Å². The number of nitrogens with one attached hydrogen (secondary N) is 1. The predicted octanol–water partition coefficient (Wildman–Crippen LogP) is 1.32. The van der Waals surface area contributed by atoms with Crippen molar-refractivity contribution in [1.29, 1.82) is 0 Å². The van der Waals surface area contributed by atoms with E-state index in [2.05, 4.69) is 5.32 Å². The largest absolute Gasteiger partial charge is 0.497 e. The number of nitrogens with zero attached hydrogens (tertiary/aromatic N) is 2. The van der Waals surface area contributed by atoms with Crippen LogP contribution in [0.2, 0.25) is 0 Å². The quantitative estimate of drug-likeness (QED) is 0.773. The van der Waals surface area contributed by atoms with Crippen molar-refractivity contribution >= 4 is 21.6 Å². The molecule has 0 atom stereocenters. The SMILES string of the molecule is COc1cc(NC(=O)c2cc(S(=O)(=O)N3CCOCC3)cn2C)cc(OC)c1. The molecule has 9 nitrogen and oxygen atoms in total. The van der Waals surface area contributed by atoms with Crippen LogP contribution in [-0.4, -0.2) is 63.7 Å². The molecule has 1 aromatic carbocycles. The summed E-state index contributed by atoms with van der Waals surface area (Å²) in [6, 6.07) is 6.35. The Balaban J connectivity index is 1.84. The lowest BCUT2D eigenvalue weighted by molar-refractivity contribution is 0.0730. The number of rotatable bonds is 6. The average molecular weight is 409 g/mol. The van der Waals surface area contributed by atoms with Gasteiger partial charge in [0.15, 0.2) is 0 Å². The van der Waals surface area contributed by atoms with Gasteiger partial charge in [-0.1, -0.05) is 0 Å². The van der Waals surface area contributed by atoms with Gasteiger partial charge in [0.1, 0.15) is 22.1 Å². The Bertz CT molecular complexity index is 941. The Morgan fingerprint density at radius 3 is 2.25 bits per heavy atom. The van der Waals surface area contributed by atoms with Gasteiger partial charge in [0.2, 0.25) is 10.0 Å². The predicted molar refractivity (Wildman–Crippen MR) is 102 cm³/mol. The standard InChI is InChI=1S/C18H23N3O6S/c1-20-12-16(28(23,24)21-4-6-27-7-5-21)11-17(20)18(22)19-13-8-14(25-2)10-15(9-13)26-3/h8-12H,4-7H2,1-3H3,(H,19,22). The molecule has 152 valence electrons. The number of hydrogen-bond donors (Lipinski definition) is 1.